The van der Waals surface area contributed by atoms with Crippen LogP contribution in [0.5, 0.6) is 5.75 Å². The molecule has 2 atom stereocenters. The number of hydrogen-bond acceptors (Lipinski definition) is 5. The van der Waals surface area contributed by atoms with Crippen molar-refractivity contribution in [3.05, 3.63) is 28.3 Å². The zero-order valence-corrected chi connectivity index (χ0v) is 11.5. The van der Waals surface area contributed by atoms with E-state index in [2.05, 4.69) is 10.2 Å². The van der Waals surface area contributed by atoms with Crippen LogP contribution in [0.25, 0.3) is 0 Å². The quantitative estimate of drug-likeness (QED) is 0.675. The predicted octanol–water partition coefficient (Wildman–Crippen LogP) is 1.93. The van der Waals surface area contributed by atoms with Crippen LogP contribution in [-0.2, 0) is 0 Å². The minimum atomic E-state index is -0.367. The topological polar surface area (TPSA) is 67.6 Å². The Kier molecular flexibility index (Phi) is 3.48. The number of nitro benzene ring substituents is 1. The van der Waals surface area contributed by atoms with Gasteiger partial charge in [0.25, 0.3) is 5.69 Å². The van der Waals surface area contributed by atoms with Gasteiger partial charge in [-0.15, -0.1) is 0 Å². The van der Waals surface area contributed by atoms with Crippen molar-refractivity contribution in [2.24, 2.45) is 0 Å². The van der Waals surface area contributed by atoms with Gasteiger partial charge in [0.15, 0.2) is 0 Å². The van der Waals surface area contributed by atoms with E-state index in [0.717, 1.165) is 25.2 Å². The average Bonchev–Trinajstić information content (AvgIpc) is 2.77. The molecule has 2 bridgehead atoms. The van der Waals surface area contributed by atoms with E-state index in [1.54, 1.807) is 6.07 Å². The standard InChI is InChI=1S/C14H19N3O3/c1-20-14-7-12(6-13(8-14)17(18)19)16-5-4-10-2-3-11(9-16)15-10/h6-8,10-11,15H,2-5,9H2,1H3. The Morgan fingerprint density at radius 3 is 2.85 bits per heavy atom. The Bertz CT molecular complexity index is 520. The molecule has 108 valence electrons. The molecule has 0 saturated carbocycles. The minimum absolute atomic E-state index is 0.0849. The van der Waals surface area contributed by atoms with Gasteiger partial charge in [0.2, 0.25) is 0 Å². The zero-order chi connectivity index (χ0) is 14.1. The Balaban J connectivity index is 1.88. The molecule has 1 aromatic rings. The van der Waals surface area contributed by atoms with Gasteiger partial charge in [-0.05, 0) is 19.3 Å². The maximum Gasteiger partial charge on any atom is 0.275 e. The first-order valence-corrected chi connectivity index (χ1v) is 7.00. The largest absolute Gasteiger partial charge is 0.496 e. The van der Waals surface area contributed by atoms with Gasteiger partial charge in [-0.3, -0.25) is 10.1 Å². The molecular weight excluding hydrogens is 258 g/mol. The molecular formula is C14H19N3O3. The Morgan fingerprint density at radius 1 is 1.30 bits per heavy atom. The van der Waals surface area contributed by atoms with Gasteiger partial charge in [0, 0.05) is 43.0 Å². The highest BCUT2D eigenvalue weighted by atomic mass is 16.6. The summed E-state index contributed by atoms with van der Waals surface area (Å²) in [5.41, 5.74) is 0.965. The number of rotatable bonds is 3. The van der Waals surface area contributed by atoms with Crippen molar-refractivity contribution in [1.82, 2.24) is 5.32 Å². The number of ether oxygens (including phenoxy) is 1. The van der Waals surface area contributed by atoms with Crippen LogP contribution < -0.4 is 15.0 Å². The molecule has 0 amide bonds. The molecule has 1 N–H and O–H groups in total. The van der Waals surface area contributed by atoms with Gasteiger partial charge in [0.05, 0.1) is 18.1 Å². The maximum absolute atomic E-state index is 11.0. The molecule has 2 saturated heterocycles. The first kappa shape index (κ1) is 13.2. The van der Waals surface area contributed by atoms with Crippen molar-refractivity contribution in [2.45, 2.75) is 31.3 Å². The fraction of sp³-hybridized carbons (Fsp3) is 0.571. The molecule has 2 aliphatic heterocycles. The first-order valence-electron chi connectivity index (χ1n) is 7.00. The Morgan fingerprint density at radius 2 is 2.10 bits per heavy atom. The first-order chi connectivity index (χ1) is 9.65. The van der Waals surface area contributed by atoms with Crippen molar-refractivity contribution in [3.63, 3.8) is 0 Å². The number of benzene rings is 1. The Labute approximate surface area is 117 Å². The highest BCUT2D eigenvalue weighted by Crippen LogP contribution is 2.31. The molecule has 2 heterocycles. The lowest BCUT2D eigenvalue weighted by atomic mass is 10.1. The van der Waals surface area contributed by atoms with E-state index in [4.69, 9.17) is 4.74 Å². The van der Waals surface area contributed by atoms with Crippen LogP contribution in [0.2, 0.25) is 0 Å². The summed E-state index contributed by atoms with van der Waals surface area (Å²) in [5.74, 6) is 0.538. The number of methoxy groups -OCH3 is 1. The molecule has 0 aromatic heterocycles. The second-order valence-electron chi connectivity index (χ2n) is 5.52. The fourth-order valence-electron chi connectivity index (χ4n) is 3.15. The molecule has 1 aromatic carbocycles. The summed E-state index contributed by atoms with van der Waals surface area (Å²) >= 11 is 0. The predicted molar refractivity (Wildman–Crippen MR) is 76.4 cm³/mol. The van der Waals surface area contributed by atoms with E-state index in [1.807, 2.05) is 6.07 Å². The number of nitrogens with one attached hydrogen (secondary N) is 1. The fourth-order valence-corrected chi connectivity index (χ4v) is 3.15. The van der Waals surface area contributed by atoms with Crippen LogP contribution in [-0.4, -0.2) is 37.2 Å². The summed E-state index contributed by atoms with van der Waals surface area (Å²) in [6.07, 6.45) is 3.52. The number of anilines is 1. The van der Waals surface area contributed by atoms with Gasteiger partial charge in [0.1, 0.15) is 5.75 Å². The van der Waals surface area contributed by atoms with Crippen LogP contribution in [0.1, 0.15) is 19.3 Å². The number of fused-ring (bicyclic) bond motifs is 2. The zero-order valence-electron chi connectivity index (χ0n) is 11.5. The summed E-state index contributed by atoms with van der Waals surface area (Å²) in [6.45, 7) is 1.83. The lowest BCUT2D eigenvalue weighted by molar-refractivity contribution is -0.384. The average molecular weight is 277 g/mol. The molecule has 2 aliphatic rings. The van der Waals surface area contributed by atoms with Gasteiger partial charge < -0.3 is 15.0 Å². The third-order valence-electron chi connectivity index (χ3n) is 4.21. The lowest BCUT2D eigenvalue weighted by Crippen LogP contribution is -2.35. The summed E-state index contributed by atoms with van der Waals surface area (Å²) in [4.78, 5) is 12.9. The van der Waals surface area contributed by atoms with E-state index in [9.17, 15) is 10.1 Å². The van der Waals surface area contributed by atoms with Gasteiger partial charge >= 0.3 is 0 Å². The highest BCUT2D eigenvalue weighted by Gasteiger charge is 2.29. The summed E-state index contributed by atoms with van der Waals surface area (Å²) < 4.78 is 5.18. The molecule has 2 fully saturated rings. The molecule has 0 radical (unpaired) electrons. The van der Waals surface area contributed by atoms with Crippen LogP contribution in [0.15, 0.2) is 18.2 Å². The van der Waals surface area contributed by atoms with Crippen LogP contribution in [0.4, 0.5) is 11.4 Å². The molecule has 3 rings (SSSR count). The van der Waals surface area contributed by atoms with Crippen molar-refractivity contribution in [3.8, 4) is 5.75 Å². The smallest absolute Gasteiger partial charge is 0.275 e. The minimum Gasteiger partial charge on any atom is -0.496 e. The lowest BCUT2D eigenvalue weighted by Gasteiger charge is -2.26. The van der Waals surface area contributed by atoms with E-state index in [0.29, 0.717) is 17.8 Å². The number of non-ortho nitro benzene ring substituents is 1. The van der Waals surface area contributed by atoms with E-state index >= 15 is 0 Å². The van der Waals surface area contributed by atoms with Gasteiger partial charge in [-0.25, -0.2) is 0 Å². The third kappa shape index (κ3) is 2.56. The van der Waals surface area contributed by atoms with Crippen LogP contribution in [0, 0.1) is 10.1 Å². The summed E-state index contributed by atoms with van der Waals surface area (Å²) in [6, 6.07) is 6.08. The Hall–Kier alpha value is -1.82. The number of nitrogens with zero attached hydrogens (tertiary/aromatic N) is 2. The van der Waals surface area contributed by atoms with Gasteiger partial charge in [-0.2, -0.15) is 0 Å². The number of hydrogen-bond donors (Lipinski definition) is 1. The normalized spacial score (nSPS) is 25.4. The summed E-state index contributed by atoms with van der Waals surface area (Å²) in [5, 5.41) is 14.6. The van der Waals surface area contributed by atoms with Gasteiger partial charge in [-0.1, -0.05) is 0 Å². The maximum atomic E-state index is 11.0. The van der Waals surface area contributed by atoms with E-state index in [-0.39, 0.29) is 10.6 Å². The molecule has 0 aliphatic carbocycles. The van der Waals surface area contributed by atoms with Crippen LogP contribution >= 0.6 is 0 Å². The second-order valence-corrected chi connectivity index (χ2v) is 5.52. The van der Waals surface area contributed by atoms with Crippen molar-refractivity contribution < 1.29 is 9.66 Å². The third-order valence-corrected chi connectivity index (χ3v) is 4.21. The van der Waals surface area contributed by atoms with Crippen molar-refractivity contribution >= 4 is 11.4 Å². The van der Waals surface area contributed by atoms with E-state index < -0.39 is 0 Å². The number of nitro groups is 1. The molecule has 6 heteroatoms. The van der Waals surface area contributed by atoms with Crippen molar-refractivity contribution in [1.29, 1.82) is 0 Å². The highest BCUT2D eigenvalue weighted by molar-refractivity contribution is 5.58. The summed E-state index contributed by atoms with van der Waals surface area (Å²) in [7, 11) is 1.54. The SMILES string of the molecule is COc1cc(N2CCC3CCC(C2)N3)cc([N+](=O)[O-])c1. The second kappa shape index (κ2) is 5.28. The molecule has 6 nitrogen and oxygen atoms in total. The van der Waals surface area contributed by atoms with Crippen LogP contribution in [0.3, 0.4) is 0 Å². The monoisotopic (exact) mass is 277 g/mol. The van der Waals surface area contributed by atoms with Crippen molar-refractivity contribution in [2.75, 3.05) is 25.1 Å². The molecule has 20 heavy (non-hydrogen) atoms. The van der Waals surface area contributed by atoms with E-state index in [1.165, 1.54) is 26.0 Å². The molecule has 2 unspecified atom stereocenters. The molecule has 0 spiro atoms.